The SMILES string of the molecule is O=C(O)[C@H](Cc1ccccc1)NC[C@@]1(O)O[C@H](CO)[C@@H](O)[C@@H]1O. The van der Waals surface area contributed by atoms with Gasteiger partial charge in [-0.1, -0.05) is 30.3 Å². The van der Waals surface area contributed by atoms with Crippen LogP contribution in [0.3, 0.4) is 0 Å². The molecule has 0 saturated carbocycles. The minimum Gasteiger partial charge on any atom is -0.480 e. The van der Waals surface area contributed by atoms with E-state index < -0.39 is 49.3 Å². The van der Waals surface area contributed by atoms with E-state index in [-0.39, 0.29) is 6.42 Å². The first kappa shape index (κ1) is 17.8. The molecule has 0 aromatic heterocycles. The second-order valence-electron chi connectivity index (χ2n) is 5.58. The Morgan fingerprint density at radius 1 is 1.30 bits per heavy atom. The van der Waals surface area contributed by atoms with Gasteiger partial charge < -0.3 is 30.3 Å². The summed E-state index contributed by atoms with van der Waals surface area (Å²) in [5, 5.41) is 50.6. The molecule has 8 nitrogen and oxygen atoms in total. The Balaban J connectivity index is 2.00. The van der Waals surface area contributed by atoms with E-state index in [0.717, 1.165) is 5.56 Å². The van der Waals surface area contributed by atoms with Crippen LogP contribution in [0.2, 0.25) is 0 Å². The van der Waals surface area contributed by atoms with Crippen LogP contribution in [0.4, 0.5) is 0 Å². The van der Waals surface area contributed by atoms with Gasteiger partial charge in [0.2, 0.25) is 5.79 Å². The zero-order valence-corrected chi connectivity index (χ0v) is 12.4. The Labute approximate surface area is 133 Å². The minimum absolute atomic E-state index is 0.175. The number of nitrogens with one attached hydrogen (secondary N) is 1. The van der Waals surface area contributed by atoms with Crippen molar-refractivity contribution in [1.29, 1.82) is 0 Å². The smallest absolute Gasteiger partial charge is 0.321 e. The van der Waals surface area contributed by atoms with Crippen LogP contribution in [-0.2, 0) is 16.0 Å². The third-order valence-corrected chi connectivity index (χ3v) is 3.88. The van der Waals surface area contributed by atoms with Crippen molar-refractivity contribution in [3.05, 3.63) is 35.9 Å². The lowest BCUT2D eigenvalue weighted by Gasteiger charge is -2.28. The topological polar surface area (TPSA) is 139 Å². The molecule has 0 bridgehead atoms. The average Bonchev–Trinajstić information content (AvgIpc) is 2.76. The molecule has 8 heteroatoms. The van der Waals surface area contributed by atoms with Crippen LogP contribution in [0.15, 0.2) is 30.3 Å². The summed E-state index contributed by atoms with van der Waals surface area (Å²) in [4.78, 5) is 11.3. The highest BCUT2D eigenvalue weighted by Crippen LogP contribution is 2.28. The van der Waals surface area contributed by atoms with E-state index in [2.05, 4.69) is 5.32 Å². The molecule has 23 heavy (non-hydrogen) atoms. The van der Waals surface area contributed by atoms with Gasteiger partial charge in [0, 0.05) is 0 Å². The van der Waals surface area contributed by atoms with Crippen molar-refractivity contribution >= 4 is 5.97 Å². The highest BCUT2D eigenvalue weighted by molar-refractivity contribution is 5.73. The van der Waals surface area contributed by atoms with Crippen LogP contribution in [0, 0.1) is 0 Å². The van der Waals surface area contributed by atoms with E-state index in [1.165, 1.54) is 0 Å². The summed E-state index contributed by atoms with van der Waals surface area (Å²) in [6, 6.07) is 7.93. The van der Waals surface area contributed by atoms with Crippen molar-refractivity contribution in [3.8, 4) is 0 Å². The van der Waals surface area contributed by atoms with E-state index in [0.29, 0.717) is 0 Å². The predicted molar refractivity (Wildman–Crippen MR) is 78.5 cm³/mol. The first-order valence-corrected chi connectivity index (χ1v) is 7.24. The highest BCUT2D eigenvalue weighted by atomic mass is 16.7. The molecule has 1 heterocycles. The van der Waals surface area contributed by atoms with Crippen LogP contribution < -0.4 is 5.32 Å². The number of carbonyl (C=O) groups is 1. The number of aliphatic hydroxyl groups excluding tert-OH is 3. The lowest BCUT2D eigenvalue weighted by atomic mass is 10.0. The molecule has 1 aromatic rings. The fourth-order valence-electron chi connectivity index (χ4n) is 2.53. The highest BCUT2D eigenvalue weighted by Gasteiger charge is 2.53. The fourth-order valence-corrected chi connectivity index (χ4v) is 2.53. The zero-order chi connectivity index (χ0) is 17.0. The molecule has 1 aliphatic rings. The largest absolute Gasteiger partial charge is 0.480 e. The summed E-state index contributed by atoms with van der Waals surface area (Å²) in [6.45, 7) is -0.988. The molecular formula is C15H21NO7. The second-order valence-corrected chi connectivity index (χ2v) is 5.58. The number of ether oxygens (including phenoxy) is 1. The van der Waals surface area contributed by atoms with Gasteiger partial charge in [0.25, 0.3) is 0 Å². The number of benzene rings is 1. The van der Waals surface area contributed by atoms with Gasteiger partial charge in [0.1, 0.15) is 24.4 Å². The van der Waals surface area contributed by atoms with Crippen LogP contribution in [0.25, 0.3) is 0 Å². The van der Waals surface area contributed by atoms with Crippen LogP contribution >= 0.6 is 0 Å². The average molecular weight is 327 g/mol. The quantitative estimate of drug-likeness (QED) is 0.340. The number of carboxylic acid groups (broad SMARTS) is 1. The molecular weight excluding hydrogens is 306 g/mol. The Hall–Kier alpha value is -1.55. The first-order chi connectivity index (χ1) is 10.9. The molecule has 1 aliphatic heterocycles. The summed E-state index contributed by atoms with van der Waals surface area (Å²) in [7, 11) is 0. The van der Waals surface area contributed by atoms with Crippen molar-refractivity contribution in [2.75, 3.05) is 13.2 Å². The van der Waals surface area contributed by atoms with Gasteiger partial charge in [0.05, 0.1) is 13.2 Å². The lowest BCUT2D eigenvalue weighted by Crippen LogP contribution is -2.54. The molecule has 1 saturated heterocycles. The van der Waals surface area contributed by atoms with E-state index in [9.17, 15) is 25.2 Å². The Kier molecular flexibility index (Phi) is 5.69. The van der Waals surface area contributed by atoms with E-state index in [1.54, 1.807) is 24.3 Å². The van der Waals surface area contributed by atoms with Crippen molar-refractivity contribution in [2.24, 2.45) is 0 Å². The van der Waals surface area contributed by atoms with Crippen molar-refractivity contribution in [2.45, 2.75) is 36.6 Å². The van der Waals surface area contributed by atoms with Crippen LogP contribution in [-0.4, -0.2) is 74.8 Å². The standard InChI is InChI=1S/C15H21NO7/c17-7-11-12(18)13(19)15(22,23-11)8-16-10(14(20)21)6-9-4-2-1-3-5-9/h1-5,10-13,16-19,22H,6-8H2,(H,20,21)/t10-,11+,12+,13-,15+/m0/s1. The van der Waals surface area contributed by atoms with Crippen LogP contribution in [0.5, 0.6) is 0 Å². The van der Waals surface area contributed by atoms with Gasteiger partial charge in [0.15, 0.2) is 0 Å². The number of aliphatic hydroxyl groups is 4. The van der Waals surface area contributed by atoms with E-state index >= 15 is 0 Å². The molecule has 1 fully saturated rings. The van der Waals surface area contributed by atoms with Crippen molar-refractivity contribution in [3.63, 3.8) is 0 Å². The fraction of sp³-hybridized carbons (Fsp3) is 0.533. The Morgan fingerprint density at radius 3 is 2.48 bits per heavy atom. The van der Waals surface area contributed by atoms with E-state index in [1.807, 2.05) is 6.07 Å². The summed E-state index contributed by atoms with van der Waals surface area (Å²) in [5.41, 5.74) is 0.792. The van der Waals surface area contributed by atoms with Crippen molar-refractivity contribution in [1.82, 2.24) is 5.32 Å². The van der Waals surface area contributed by atoms with Gasteiger partial charge >= 0.3 is 5.97 Å². The predicted octanol–water partition coefficient (Wildman–Crippen LogP) is -1.93. The van der Waals surface area contributed by atoms with Gasteiger partial charge in [-0.05, 0) is 12.0 Å². The third-order valence-electron chi connectivity index (χ3n) is 3.88. The Morgan fingerprint density at radius 2 is 1.96 bits per heavy atom. The molecule has 6 N–H and O–H groups in total. The Bertz CT molecular complexity index is 526. The zero-order valence-electron chi connectivity index (χ0n) is 12.4. The molecule has 128 valence electrons. The molecule has 5 atom stereocenters. The monoisotopic (exact) mass is 327 g/mol. The maximum absolute atomic E-state index is 11.3. The summed E-state index contributed by atoms with van der Waals surface area (Å²) in [6.07, 6.45) is -4.06. The van der Waals surface area contributed by atoms with Gasteiger partial charge in [-0.15, -0.1) is 0 Å². The van der Waals surface area contributed by atoms with Gasteiger partial charge in [-0.3, -0.25) is 10.1 Å². The van der Waals surface area contributed by atoms with E-state index in [4.69, 9.17) is 9.84 Å². The van der Waals surface area contributed by atoms with Gasteiger partial charge in [-0.2, -0.15) is 0 Å². The number of hydrogen-bond donors (Lipinski definition) is 6. The molecule has 0 amide bonds. The first-order valence-electron chi connectivity index (χ1n) is 7.24. The third kappa shape index (κ3) is 4.05. The maximum Gasteiger partial charge on any atom is 0.321 e. The maximum atomic E-state index is 11.3. The van der Waals surface area contributed by atoms with Crippen LogP contribution in [0.1, 0.15) is 5.56 Å². The summed E-state index contributed by atoms with van der Waals surface area (Å²) < 4.78 is 5.05. The molecule has 0 spiro atoms. The molecule has 2 rings (SSSR count). The summed E-state index contributed by atoms with van der Waals surface area (Å²) >= 11 is 0. The molecule has 0 radical (unpaired) electrons. The van der Waals surface area contributed by atoms with Crippen molar-refractivity contribution < 1.29 is 35.1 Å². The second kappa shape index (κ2) is 7.35. The lowest BCUT2D eigenvalue weighted by molar-refractivity contribution is -0.227. The summed E-state index contributed by atoms with van der Waals surface area (Å²) in [5.74, 6) is -3.29. The molecule has 0 aliphatic carbocycles. The number of hydrogen-bond acceptors (Lipinski definition) is 7. The van der Waals surface area contributed by atoms with Gasteiger partial charge in [-0.25, -0.2) is 0 Å². The normalized spacial score (nSPS) is 31.9. The number of rotatable bonds is 7. The molecule has 0 unspecified atom stereocenters. The number of aliphatic carboxylic acids is 1. The molecule has 1 aromatic carbocycles. The minimum atomic E-state index is -2.17. The number of carboxylic acids is 1.